The topological polar surface area (TPSA) is 70.0 Å². The van der Waals surface area contributed by atoms with Crippen molar-refractivity contribution in [3.05, 3.63) is 29.8 Å². The van der Waals surface area contributed by atoms with E-state index in [4.69, 9.17) is 9.94 Å². The number of benzene rings is 1. The largest absolute Gasteiger partial charge is 0.394 e. The molecule has 0 saturated carbocycles. The number of hydroxylamine groups is 1. The molecule has 1 aromatic carbocycles. The number of hydrogen-bond donors (Lipinski definition) is 2. The van der Waals surface area contributed by atoms with Crippen LogP contribution in [-0.4, -0.2) is 35.4 Å². The van der Waals surface area contributed by atoms with Crippen molar-refractivity contribution >= 4 is 11.6 Å². The van der Waals surface area contributed by atoms with Crippen molar-refractivity contribution in [3.8, 4) is 0 Å². The van der Waals surface area contributed by atoms with Gasteiger partial charge in [0.05, 0.1) is 12.3 Å². The molecule has 5 nitrogen and oxygen atoms in total. The highest BCUT2D eigenvalue weighted by Crippen LogP contribution is 2.27. The highest BCUT2D eigenvalue weighted by Gasteiger charge is 2.25. The third kappa shape index (κ3) is 2.63. The lowest BCUT2D eigenvalue weighted by atomic mass is 10.0. The van der Waals surface area contributed by atoms with Gasteiger partial charge in [-0.15, -0.1) is 0 Å². The molecule has 1 atom stereocenters. The molecule has 5 heteroatoms. The Bertz CT molecular complexity index is 407. The highest BCUT2D eigenvalue weighted by molar-refractivity contribution is 5.94. The maximum absolute atomic E-state index is 11.7. The van der Waals surface area contributed by atoms with Crippen LogP contribution in [0.15, 0.2) is 24.3 Å². The molecule has 0 radical (unpaired) electrons. The summed E-state index contributed by atoms with van der Waals surface area (Å²) in [6, 6.07) is 7.49. The zero-order valence-electron chi connectivity index (χ0n) is 9.37. The number of carbonyl (C=O) groups is 1. The van der Waals surface area contributed by atoms with Gasteiger partial charge in [-0.1, -0.05) is 18.2 Å². The minimum absolute atomic E-state index is 0.101. The van der Waals surface area contributed by atoms with E-state index in [1.54, 1.807) is 6.07 Å². The van der Waals surface area contributed by atoms with Crippen molar-refractivity contribution < 1.29 is 19.8 Å². The van der Waals surface area contributed by atoms with E-state index in [0.29, 0.717) is 18.5 Å². The Hall–Kier alpha value is -1.43. The maximum atomic E-state index is 11.7. The number of carbonyl (C=O) groups excluding carboxylic acids is 1. The predicted molar refractivity (Wildman–Crippen MR) is 61.3 cm³/mol. The van der Waals surface area contributed by atoms with Gasteiger partial charge < -0.3 is 10.2 Å². The van der Waals surface area contributed by atoms with Crippen LogP contribution in [-0.2, 0) is 16.1 Å². The monoisotopic (exact) mass is 237 g/mol. The third-order valence-corrected chi connectivity index (χ3v) is 2.65. The van der Waals surface area contributed by atoms with Crippen LogP contribution in [0.2, 0.25) is 0 Å². The summed E-state index contributed by atoms with van der Waals surface area (Å²) >= 11 is 0. The number of para-hydroxylation sites is 1. The molecule has 1 aliphatic heterocycles. The summed E-state index contributed by atoms with van der Waals surface area (Å²) in [5.41, 5.74) is 1.76. The average Bonchev–Trinajstić information content (AvgIpc) is 2.37. The van der Waals surface area contributed by atoms with E-state index in [0.717, 1.165) is 5.56 Å². The number of rotatable bonds is 4. The summed E-state index contributed by atoms with van der Waals surface area (Å²) in [5, 5.41) is 19.1. The van der Waals surface area contributed by atoms with Crippen molar-refractivity contribution in [1.82, 2.24) is 0 Å². The van der Waals surface area contributed by atoms with Gasteiger partial charge in [-0.2, -0.15) is 5.06 Å². The number of amides is 1. The number of aliphatic hydroxyl groups excluding tert-OH is 2. The summed E-state index contributed by atoms with van der Waals surface area (Å²) in [7, 11) is 0. The van der Waals surface area contributed by atoms with Gasteiger partial charge in [0, 0.05) is 6.42 Å². The van der Waals surface area contributed by atoms with Gasteiger partial charge in [-0.05, 0) is 18.1 Å². The number of aliphatic hydroxyl groups is 2. The van der Waals surface area contributed by atoms with Gasteiger partial charge >= 0.3 is 0 Å². The van der Waals surface area contributed by atoms with Crippen LogP contribution in [0.1, 0.15) is 12.0 Å². The van der Waals surface area contributed by atoms with Crippen LogP contribution in [0.5, 0.6) is 0 Å². The number of aryl methyl sites for hydroxylation is 1. The Morgan fingerprint density at radius 1 is 1.35 bits per heavy atom. The average molecular weight is 237 g/mol. The van der Waals surface area contributed by atoms with Crippen LogP contribution in [0, 0.1) is 0 Å². The Morgan fingerprint density at radius 3 is 2.88 bits per heavy atom. The summed E-state index contributed by atoms with van der Waals surface area (Å²) in [6.07, 6.45) is 0.126. The normalized spacial score (nSPS) is 16.8. The maximum Gasteiger partial charge on any atom is 0.251 e. The number of fused-ring (bicyclic) bond motifs is 1. The third-order valence-electron chi connectivity index (χ3n) is 2.65. The Morgan fingerprint density at radius 2 is 2.12 bits per heavy atom. The number of nitrogens with zero attached hydrogens (tertiary/aromatic N) is 1. The SMILES string of the molecule is O=C1CCc2ccccc2N1OC[C@H](O)CO. The molecule has 1 heterocycles. The first-order valence-corrected chi connectivity index (χ1v) is 5.55. The van der Waals surface area contributed by atoms with Gasteiger partial charge in [-0.25, -0.2) is 0 Å². The second-order valence-corrected chi connectivity index (χ2v) is 3.95. The molecule has 0 aliphatic carbocycles. The number of anilines is 1. The molecule has 2 rings (SSSR count). The minimum Gasteiger partial charge on any atom is -0.394 e. The fourth-order valence-electron chi connectivity index (χ4n) is 1.75. The summed E-state index contributed by atoms with van der Waals surface area (Å²) in [4.78, 5) is 17.0. The van der Waals surface area contributed by atoms with Crippen LogP contribution < -0.4 is 5.06 Å². The molecule has 1 amide bonds. The van der Waals surface area contributed by atoms with E-state index in [1.807, 2.05) is 18.2 Å². The van der Waals surface area contributed by atoms with Crippen molar-refractivity contribution in [2.45, 2.75) is 18.9 Å². The molecule has 17 heavy (non-hydrogen) atoms. The molecular weight excluding hydrogens is 222 g/mol. The quantitative estimate of drug-likeness (QED) is 0.787. The molecule has 0 unspecified atom stereocenters. The number of hydrogen-bond acceptors (Lipinski definition) is 4. The zero-order valence-corrected chi connectivity index (χ0v) is 9.37. The molecule has 0 spiro atoms. The smallest absolute Gasteiger partial charge is 0.251 e. The first-order valence-electron chi connectivity index (χ1n) is 5.55. The molecule has 1 aliphatic rings. The van der Waals surface area contributed by atoms with E-state index in [1.165, 1.54) is 5.06 Å². The molecular formula is C12H15NO4. The summed E-state index contributed by atoms with van der Waals surface area (Å²) < 4.78 is 0. The first-order chi connectivity index (χ1) is 8.22. The zero-order chi connectivity index (χ0) is 12.3. The lowest BCUT2D eigenvalue weighted by Crippen LogP contribution is -2.38. The van der Waals surface area contributed by atoms with Gasteiger partial charge in [0.15, 0.2) is 0 Å². The van der Waals surface area contributed by atoms with Gasteiger partial charge in [-0.3, -0.25) is 9.63 Å². The molecule has 0 aromatic heterocycles. The highest BCUT2D eigenvalue weighted by atomic mass is 16.7. The predicted octanol–water partition coefficient (Wildman–Crippen LogP) is 0.251. The second kappa shape index (κ2) is 5.27. The van der Waals surface area contributed by atoms with Crippen LogP contribution >= 0.6 is 0 Å². The van der Waals surface area contributed by atoms with Crippen molar-refractivity contribution in [2.75, 3.05) is 18.3 Å². The van der Waals surface area contributed by atoms with E-state index >= 15 is 0 Å². The van der Waals surface area contributed by atoms with Gasteiger partial charge in [0.2, 0.25) is 0 Å². The molecule has 0 fully saturated rings. The van der Waals surface area contributed by atoms with Crippen molar-refractivity contribution in [2.24, 2.45) is 0 Å². The van der Waals surface area contributed by atoms with Gasteiger partial charge in [0.1, 0.15) is 12.7 Å². The standard InChI is InChI=1S/C12H15NO4/c14-7-10(15)8-17-13-11-4-2-1-3-9(11)5-6-12(13)16/h1-4,10,14-15H,5-8H2/t10-/m1/s1. The summed E-state index contributed by atoms with van der Waals surface area (Å²) in [5.74, 6) is -0.131. The van der Waals surface area contributed by atoms with E-state index in [-0.39, 0.29) is 19.1 Å². The lowest BCUT2D eigenvalue weighted by molar-refractivity contribution is -0.128. The second-order valence-electron chi connectivity index (χ2n) is 3.95. The molecule has 2 N–H and O–H groups in total. The van der Waals surface area contributed by atoms with Crippen molar-refractivity contribution in [3.63, 3.8) is 0 Å². The van der Waals surface area contributed by atoms with Crippen LogP contribution in [0.25, 0.3) is 0 Å². The molecule has 1 aromatic rings. The van der Waals surface area contributed by atoms with Crippen LogP contribution in [0.3, 0.4) is 0 Å². The van der Waals surface area contributed by atoms with E-state index in [9.17, 15) is 9.90 Å². The molecule has 0 bridgehead atoms. The summed E-state index contributed by atoms with van der Waals surface area (Å²) in [6.45, 7) is -0.486. The first kappa shape index (κ1) is 12.0. The molecule has 0 saturated heterocycles. The van der Waals surface area contributed by atoms with Crippen molar-refractivity contribution in [1.29, 1.82) is 0 Å². The molecule has 92 valence electrons. The lowest BCUT2D eigenvalue weighted by Gasteiger charge is -2.28. The Balaban J connectivity index is 2.13. The van der Waals surface area contributed by atoms with Crippen LogP contribution in [0.4, 0.5) is 5.69 Å². The Labute approximate surface area is 99.2 Å². The van der Waals surface area contributed by atoms with Gasteiger partial charge in [0.25, 0.3) is 5.91 Å². The van der Waals surface area contributed by atoms with E-state index in [2.05, 4.69) is 0 Å². The fraction of sp³-hybridized carbons (Fsp3) is 0.417. The fourth-order valence-corrected chi connectivity index (χ4v) is 1.75. The Kier molecular flexibility index (Phi) is 3.73. The van der Waals surface area contributed by atoms with E-state index < -0.39 is 6.10 Å². The minimum atomic E-state index is -0.975.